The van der Waals surface area contributed by atoms with E-state index in [4.69, 9.17) is 9.05 Å². The van der Waals surface area contributed by atoms with E-state index in [2.05, 4.69) is 55.6 Å². The number of hydrogen-bond donors (Lipinski definition) is 2. The summed E-state index contributed by atoms with van der Waals surface area (Å²) in [6.07, 6.45) is 70.5. The average molecular weight is 1040 g/mol. The number of rotatable bonds is 58. The van der Waals surface area contributed by atoms with Crippen LogP contribution in [0.2, 0.25) is 0 Å². The van der Waals surface area contributed by atoms with Gasteiger partial charge in [0, 0.05) is 6.42 Å². The molecule has 0 bridgehead atoms. The number of aliphatic hydroxyl groups is 1. The number of aliphatic hydroxyl groups excluding tert-OH is 1. The molecule has 9 heteroatoms. The smallest absolute Gasteiger partial charge is 0.268 e. The standard InChI is InChI=1S/C63H123N2O6P/c1-6-8-10-12-14-16-18-20-22-24-25-26-27-28-29-30-31-32-33-34-35-36-37-38-39-41-43-45-47-49-51-53-55-57-63(67)64-61(60-71-72(68,69)70-59-58-65(3,4)5)62(66)56-54-52-50-48-46-44-42-40-23-21-19-17-15-13-11-9-7-2/h18,20,24-25,27-28,61-62,66H,6-17,19,21-23,26,29-60H2,1-5H3,(H-,64,67,68,69)/b20-18-,25-24-,28-27-. The molecule has 2 N–H and O–H groups in total. The number of quaternary nitrogens is 1. The monoisotopic (exact) mass is 1030 g/mol. The zero-order valence-corrected chi connectivity index (χ0v) is 49.5. The molecule has 0 aliphatic carbocycles. The number of phosphoric acid groups is 1. The topological polar surface area (TPSA) is 108 Å². The highest BCUT2D eigenvalue weighted by Crippen LogP contribution is 2.38. The Hall–Kier alpha value is -1.28. The van der Waals surface area contributed by atoms with E-state index in [9.17, 15) is 19.4 Å². The summed E-state index contributed by atoms with van der Waals surface area (Å²) < 4.78 is 23.4. The minimum atomic E-state index is -4.57. The van der Waals surface area contributed by atoms with Crippen LogP contribution >= 0.6 is 7.82 Å². The minimum absolute atomic E-state index is 0.0138. The Morgan fingerprint density at radius 2 is 0.806 bits per heavy atom. The van der Waals surface area contributed by atoms with Crippen molar-refractivity contribution >= 4 is 13.7 Å². The van der Waals surface area contributed by atoms with E-state index >= 15 is 0 Å². The third kappa shape index (κ3) is 56.4. The molecule has 0 rings (SSSR count). The number of hydrogen-bond acceptors (Lipinski definition) is 6. The summed E-state index contributed by atoms with van der Waals surface area (Å²) in [6, 6.07) is -0.799. The Morgan fingerprint density at radius 1 is 0.486 bits per heavy atom. The number of nitrogens with one attached hydrogen (secondary N) is 1. The average Bonchev–Trinajstić information content (AvgIpc) is 3.34. The zero-order chi connectivity index (χ0) is 52.7. The first kappa shape index (κ1) is 70.7. The number of nitrogens with zero attached hydrogens (tertiary/aromatic N) is 1. The molecule has 0 saturated heterocycles. The highest BCUT2D eigenvalue weighted by atomic mass is 31.2. The van der Waals surface area contributed by atoms with Crippen LogP contribution in [0.3, 0.4) is 0 Å². The molecule has 0 aromatic heterocycles. The quantitative estimate of drug-likeness (QED) is 0.0272. The van der Waals surface area contributed by atoms with Crippen molar-refractivity contribution in [3.63, 3.8) is 0 Å². The Balaban J connectivity index is 4.01. The second-order valence-corrected chi connectivity index (χ2v) is 24.2. The summed E-state index contributed by atoms with van der Waals surface area (Å²) in [5, 5.41) is 14.0. The second kappa shape index (κ2) is 54.5. The summed E-state index contributed by atoms with van der Waals surface area (Å²) in [6.45, 7) is 4.75. The minimum Gasteiger partial charge on any atom is -0.756 e. The first-order chi connectivity index (χ1) is 35.0. The molecule has 3 unspecified atom stereocenters. The lowest BCUT2D eigenvalue weighted by Gasteiger charge is -2.30. The molecule has 8 nitrogen and oxygen atoms in total. The number of allylic oxidation sites excluding steroid dienone is 6. The van der Waals surface area contributed by atoms with Gasteiger partial charge in [0.05, 0.1) is 39.9 Å². The van der Waals surface area contributed by atoms with Gasteiger partial charge >= 0.3 is 0 Å². The Labute approximate surface area is 448 Å². The van der Waals surface area contributed by atoms with Crippen LogP contribution in [-0.4, -0.2) is 68.5 Å². The fourth-order valence-corrected chi connectivity index (χ4v) is 10.2. The largest absolute Gasteiger partial charge is 0.756 e. The van der Waals surface area contributed by atoms with Gasteiger partial charge in [-0.15, -0.1) is 0 Å². The molecule has 3 atom stereocenters. The number of carbonyl (C=O) groups is 1. The first-order valence-electron chi connectivity index (χ1n) is 31.3. The predicted molar refractivity (Wildman–Crippen MR) is 311 cm³/mol. The molecule has 0 aromatic carbocycles. The lowest BCUT2D eigenvalue weighted by molar-refractivity contribution is -0.870. The van der Waals surface area contributed by atoms with Gasteiger partial charge in [-0.2, -0.15) is 0 Å². The molecule has 1 amide bonds. The Bertz CT molecular complexity index is 1270. The molecule has 426 valence electrons. The van der Waals surface area contributed by atoms with E-state index in [1.165, 1.54) is 231 Å². The maximum atomic E-state index is 13.0. The van der Waals surface area contributed by atoms with Gasteiger partial charge in [-0.1, -0.05) is 288 Å². The lowest BCUT2D eigenvalue weighted by atomic mass is 10.0. The summed E-state index contributed by atoms with van der Waals surface area (Å²) in [5.41, 5.74) is 0. The Kier molecular flexibility index (Phi) is 53.5. The van der Waals surface area contributed by atoms with Crippen LogP contribution in [0, 0.1) is 0 Å². The van der Waals surface area contributed by atoms with Crippen LogP contribution in [0.1, 0.15) is 309 Å². The van der Waals surface area contributed by atoms with Crippen LogP contribution in [0.15, 0.2) is 36.5 Å². The molecule has 0 aromatic rings. The van der Waals surface area contributed by atoms with Crippen LogP contribution < -0.4 is 10.2 Å². The SMILES string of the molecule is CCCCCCC/C=C\C/C=C\C/C=C\CCCCCCCCCCCCCCCCCCCCC(=O)NC(COP(=O)([O-])OCC[N+](C)(C)C)C(O)CCCCCCCCCCCCCCCCCCC. The summed E-state index contributed by atoms with van der Waals surface area (Å²) in [7, 11) is 1.32. The van der Waals surface area contributed by atoms with Crippen molar-refractivity contribution in [2.75, 3.05) is 40.9 Å². The van der Waals surface area contributed by atoms with Gasteiger partial charge in [-0.05, 0) is 51.4 Å². The van der Waals surface area contributed by atoms with E-state index in [0.29, 0.717) is 23.9 Å². The number of amides is 1. The van der Waals surface area contributed by atoms with Gasteiger partial charge in [0.25, 0.3) is 7.82 Å². The fraction of sp³-hybridized carbons (Fsp3) is 0.889. The number of carbonyl (C=O) groups excluding carboxylic acids is 1. The van der Waals surface area contributed by atoms with Crippen molar-refractivity contribution in [1.29, 1.82) is 0 Å². The molecule has 0 heterocycles. The van der Waals surface area contributed by atoms with Crippen molar-refractivity contribution in [3.05, 3.63) is 36.5 Å². The van der Waals surface area contributed by atoms with E-state index in [1.807, 2.05) is 21.1 Å². The van der Waals surface area contributed by atoms with Crippen molar-refractivity contribution in [3.8, 4) is 0 Å². The second-order valence-electron chi connectivity index (χ2n) is 22.8. The molecule has 0 saturated carbocycles. The molecular formula is C63H123N2O6P. The zero-order valence-electron chi connectivity index (χ0n) is 48.6. The maximum Gasteiger partial charge on any atom is 0.268 e. The lowest BCUT2D eigenvalue weighted by Crippen LogP contribution is -2.46. The molecular weight excluding hydrogens is 912 g/mol. The van der Waals surface area contributed by atoms with Crippen molar-refractivity contribution in [1.82, 2.24) is 5.32 Å². The van der Waals surface area contributed by atoms with Gasteiger partial charge < -0.3 is 28.8 Å². The maximum absolute atomic E-state index is 13.0. The van der Waals surface area contributed by atoms with Crippen molar-refractivity contribution < 1.29 is 32.9 Å². The first-order valence-corrected chi connectivity index (χ1v) is 32.8. The molecule has 0 aliphatic heterocycles. The summed E-state index contributed by atoms with van der Waals surface area (Å²) in [4.78, 5) is 25.6. The predicted octanol–water partition coefficient (Wildman–Crippen LogP) is 18.7. The van der Waals surface area contributed by atoms with Crippen molar-refractivity contribution in [2.45, 2.75) is 321 Å². The van der Waals surface area contributed by atoms with Crippen LogP contribution in [0.25, 0.3) is 0 Å². The van der Waals surface area contributed by atoms with E-state index < -0.39 is 20.0 Å². The Morgan fingerprint density at radius 3 is 1.17 bits per heavy atom. The van der Waals surface area contributed by atoms with Gasteiger partial charge in [0.2, 0.25) is 5.91 Å². The number of unbranched alkanes of at least 4 members (excludes halogenated alkanes) is 39. The molecule has 0 spiro atoms. The van der Waals surface area contributed by atoms with Gasteiger partial charge in [0.15, 0.2) is 0 Å². The molecule has 0 fully saturated rings. The van der Waals surface area contributed by atoms with E-state index in [1.54, 1.807) is 0 Å². The van der Waals surface area contributed by atoms with Crippen LogP contribution in [0.4, 0.5) is 0 Å². The van der Waals surface area contributed by atoms with Crippen molar-refractivity contribution in [2.24, 2.45) is 0 Å². The van der Waals surface area contributed by atoms with Gasteiger partial charge in [-0.25, -0.2) is 0 Å². The van der Waals surface area contributed by atoms with Gasteiger partial charge in [-0.3, -0.25) is 9.36 Å². The number of phosphoric ester groups is 1. The number of likely N-dealkylation sites (N-methyl/N-ethyl adjacent to an activating group) is 1. The molecule has 72 heavy (non-hydrogen) atoms. The van der Waals surface area contributed by atoms with E-state index in [0.717, 1.165) is 51.4 Å². The molecule has 0 radical (unpaired) electrons. The highest BCUT2D eigenvalue weighted by Gasteiger charge is 2.24. The summed E-state index contributed by atoms with van der Waals surface area (Å²) >= 11 is 0. The third-order valence-corrected chi connectivity index (χ3v) is 15.3. The molecule has 0 aliphatic rings. The van der Waals surface area contributed by atoms with E-state index in [-0.39, 0.29) is 19.1 Å². The fourth-order valence-electron chi connectivity index (χ4n) is 9.46. The van der Waals surface area contributed by atoms with Gasteiger partial charge in [0.1, 0.15) is 13.2 Å². The highest BCUT2D eigenvalue weighted by molar-refractivity contribution is 7.45. The summed E-state index contributed by atoms with van der Waals surface area (Å²) in [5.74, 6) is -0.160. The normalized spacial score (nSPS) is 14.0. The third-order valence-electron chi connectivity index (χ3n) is 14.4. The van der Waals surface area contributed by atoms with Crippen LogP contribution in [-0.2, 0) is 18.4 Å². The van der Waals surface area contributed by atoms with Crippen LogP contribution in [0.5, 0.6) is 0 Å².